The van der Waals surface area contributed by atoms with Gasteiger partial charge in [-0.15, -0.1) is 0 Å². The van der Waals surface area contributed by atoms with E-state index in [0.29, 0.717) is 0 Å². The molecule has 0 heterocycles. The van der Waals surface area contributed by atoms with E-state index >= 15 is 0 Å². The first kappa shape index (κ1) is 15.9. The SMILES string of the molecule is CCC(CC)C(C)NS(=O)(=O)c1ccc(F)c(N)c1. The molecule has 0 spiro atoms. The lowest BCUT2D eigenvalue weighted by Crippen LogP contribution is -2.37. The number of anilines is 1. The number of hydrogen-bond acceptors (Lipinski definition) is 3. The van der Waals surface area contributed by atoms with Gasteiger partial charge in [0.15, 0.2) is 0 Å². The number of nitrogens with two attached hydrogens (primary N) is 1. The second-order valence-corrected chi connectivity index (χ2v) is 6.38. The molecule has 0 saturated carbocycles. The molecule has 0 amide bonds. The molecule has 3 N–H and O–H groups in total. The van der Waals surface area contributed by atoms with Crippen molar-refractivity contribution in [2.75, 3.05) is 5.73 Å². The number of nitrogens with one attached hydrogen (secondary N) is 1. The Labute approximate surface area is 114 Å². The first-order chi connectivity index (χ1) is 8.81. The fourth-order valence-electron chi connectivity index (χ4n) is 2.09. The molecule has 0 radical (unpaired) electrons. The van der Waals surface area contributed by atoms with Crippen molar-refractivity contribution in [1.29, 1.82) is 0 Å². The largest absolute Gasteiger partial charge is 0.396 e. The minimum Gasteiger partial charge on any atom is -0.396 e. The fourth-order valence-corrected chi connectivity index (χ4v) is 3.44. The van der Waals surface area contributed by atoms with Crippen molar-refractivity contribution in [2.24, 2.45) is 5.92 Å². The van der Waals surface area contributed by atoms with Crippen LogP contribution in [0.4, 0.5) is 10.1 Å². The van der Waals surface area contributed by atoms with Crippen LogP contribution in [0.1, 0.15) is 33.6 Å². The monoisotopic (exact) mass is 288 g/mol. The molecule has 0 saturated heterocycles. The molecule has 0 aliphatic rings. The standard InChI is InChI=1S/C13H21FN2O2S/c1-4-10(5-2)9(3)16-19(17,18)11-6-7-12(14)13(15)8-11/h6-10,16H,4-5,15H2,1-3H3. The van der Waals surface area contributed by atoms with Gasteiger partial charge in [-0.3, -0.25) is 0 Å². The summed E-state index contributed by atoms with van der Waals surface area (Å²) in [7, 11) is -3.66. The minimum atomic E-state index is -3.66. The molecule has 19 heavy (non-hydrogen) atoms. The van der Waals surface area contributed by atoms with Crippen LogP contribution in [0.15, 0.2) is 23.1 Å². The molecule has 0 aliphatic carbocycles. The molecule has 0 bridgehead atoms. The summed E-state index contributed by atoms with van der Waals surface area (Å²) in [6.45, 7) is 5.88. The highest BCUT2D eigenvalue weighted by Crippen LogP contribution is 2.19. The van der Waals surface area contributed by atoms with Crippen LogP contribution in [0.5, 0.6) is 0 Å². The van der Waals surface area contributed by atoms with Gasteiger partial charge in [0.25, 0.3) is 0 Å². The van der Waals surface area contributed by atoms with Crippen LogP contribution in [0, 0.1) is 11.7 Å². The topological polar surface area (TPSA) is 72.2 Å². The third kappa shape index (κ3) is 3.91. The van der Waals surface area contributed by atoms with Crippen LogP contribution in [-0.2, 0) is 10.0 Å². The molecular formula is C13H21FN2O2S. The zero-order chi connectivity index (χ0) is 14.6. The summed E-state index contributed by atoms with van der Waals surface area (Å²) in [6, 6.07) is 3.24. The van der Waals surface area contributed by atoms with Crippen molar-refractivity contribution >= 4 is 15.7 Å². The molecule has 0 aromatic heterocycles. The van der Waals surface area contributed by atoms with Crippen LogP contribution >= 0.6 is 0 Å². The van der Waals surface area contributed by atoms with Gasteiger partial charge in [0.2, 0.25) is 10.0 Å². The van der Waals surface area contributed by atoms with E-state index in [9.17, 15) is 12.8 Å². The van der Waals surface area contributed by atoms with Crippen molar-refractivity contribution < 1.29 is 12.8 Å². The summed E-state index contributed by atoms with van der Waals surface area (Å²) >= 11 is 0. The first-order valence-electron chi connectivity index (χ1n) is 6.39. The highest BCUT2D eigenvalue weighted by atomic mass is 32.2. The van der Waals surface area contributed by atoms with Crippen molar-refractivity contribution in [1.82, 2.24) is 4.72 Å². The highest BCUT2D eigenvalue weighted by Gasteiger charge is 2.22. The maximum atomic E-state index is 13.0. The molecule has 0 fully saturated rings. The lowest BCUT2D eigenvalue weighted by Gasteiger charge is -2.22. The first-order valence-corrected chi connectivity index (χ1v) is 7.87. The van der Waals surface area contributed by atoms with Gasteiger partial charge in [-0.2, -0.15) is 0 Å². The summed E-state index contributed by atoms with van der Waals surface area (Å²) in [5.41, 5.74) is 5.22. The van der Waals surface area contributed by atoms with Gasteiger partial charge < -0.3 is 5.73 Å². The van der Waals surface area contributed by atoms with Crippen molar-refractivity contribution in [3.8, 4) is 0 Å². The summed E-state index contributed by atoms with van der Waals surface area (Å²) in [6.07, 6.45) is 1.79. The van der Waals surface area contributed by atoms with Gasteiger partial charge in [-0.1, -0.05) is 26.7 Å². The van der Waals surface area contributed by atoms with Crippen molar-refractivity contribution in [3.63, 3.8) is 0 Å². The van der Waals surface area contributed by atoms with Gasteiger partial charge in [-0.25, -0.2) is 17.5 Å². The van der Waals surface area contributed by atoms with E-state index in [2.05, 4.69) is 4.72 Å². The van der Waals surface area contributed by atoms with Gasteiger partial charge in [0.05, 0.1) is 10.6 Å². The molecule has 1 atom stereocenters. The summed E-state index contributed by atoms with van der Waals surface area (Å²) in [5.74, 6) is -0.348. The van der Waals surface area contributed by atoms with Crippen LogP contribution in [0.2, 0.25) is 0 Å². The van der Waals surface area contributed by atoms with E-state index in [4.69, 9.17) is 5.73 Å². The second kappa shape index (κ2) is 6.34. The molecule has 1 aromatic rings. The van der Waals surface area contributed by atoms with Crippen molar-refractivity contribution in [2.45, 2.75) is 44.6 Å². The molecule has 1 rings (SSSR count). The number of nitrogen functional groups attached to an aromatic ring is 1. The Morgan fingerprint density at radius 2 is 1.89 bits per heavy atom. The fraction of sp³-hybridized carbons (Fsp3) is 0.538. The Balaban J connectivity index is 2.95. The van der Waals surface area contributed by atoms with Gasteiger partial charge in [0, 0.05) is 6.04 Å². The second-order valence-electron chi connectivity index (χ2n) is 4.67. The zero-order valence-corrected chi connectivity index (χ0v) is 12.3. The zero-order valence-electron chi connectivity index (χ0n) is 11.5. The predicted molar refractivity (Wildman–Crippen MR) is 74.7 cm³/mol. The Bertz CT molecular complexity index is 527. The maximum absolute atomic E-state index is 13.0. The van der Waals surface area contributed by atoms with Crippen LogP contribution in [0.3, 0.4) is 0 Å². The third-order valence-electron chi connectivity index (χ3n) is 3.37. The lowest BCUT2D eigenvalue weighted by atomic mass is 9.96. The number of rotatable bonds is 6. The summed E-state index contributed by atoms with van der Waals surface area (Å²) < 4.78 is 40.0. The molecule has 1 unspecified atom stereocenters. The third-order valence-corrected chi connectivity index (χ3v) is 4.93. The normalized spacial score (nSPS) is 13.7. The average Bonchev–Trinajstić information content (AvgIpc) is 2.33. The molecule has 4 nitrogen and oxygen atoms in total. The number of benzene rings is 1. The number of hydrogen-bond donors (Lipinski definition) is 2. The van der Waals surface area contributed by atoms with E-state index in [-0.39, 0.29) is 22.5 Å². The molecule has 108 valence electrons. The molecule has 0 aliphatic heterocycles. The number of halogens is 1. The number of sulfonamides is 1. The highest BCUT2D eigenvalue weighted by molar-refractivity contribution is 7.89. The minimum absolute atomic E-state index is 0.00999. The van der Waals surface area contributed by atoms with Crippen molar-refractivity contribution in [3.05, 3.63) is 24.0 Å². The van der Waals surface area contributed by atoms with Crippen LogP contribution < -0.4 is 10.5 Å². The van der Waals surface area contributed by atoms with E-state index in [1.807, 2.05) is 20.8 Å². The predicted octanol–water partition coefficient (Wildman–Crippen LogP) is 2.51. The molecule has 6 heteroatoms. The van der Waals surface area contributed by atoms with Gasteiger partial charge in [0.1, 0.15) is 5.82 Å². The quantitative estimate of drug-likeness (QED) is 0.790. The molecular weight excluding hydrogens is 267 g/mol. The Hall–Kier alpha value is -1.14. The Morgan fingerprint density at radius 1 is 1.32 bits per heavy atom. The van der Waals surface area contributed by atoms with Crippen LogP contribution in [-0.4, -0.2) is 14.5 Å². The molecule has 1 aromatic carbocycles. The smallest absolute Gasteiger partial charge is 0.240 e. The van der Waals surface area contributed by atoms with E-state index in [0.717, 1.165) is 25.0 Å². The Kier molecular flexibility index (Phi) is 5.31. The maximum Gasteiger partial charge on any atom is 0.240 e. The lowest BCUT2D eigenvalue weighted by molar-refractivity contribution is 0.390. The van der Waals surface area contributed by atoms with E-state index in [1.165, 1.54) is 6.07 Å². The van der Waals surface area contributed by atoms with Crippen LogP contribution in [0.25, 0.3) is 0 Å². The summed E-state index contributed by atoms with van der Waals surface area (Å²) in [4.78, 5) is -0.00999. The van der Waals surface area contributed by atoms with E-state index < -0.39 is 15.8 Å². The van der Waals surface area contributed by atoms with Gasteiger partial charge in [-0.05, 0) is 31.0 Å². The summed E-state index contributed by atoms with van der Waals surface area (Å²) in [5, 5.41) is 0. The van der Waals surface area contributed by atoms with E-state index in [1.54, 1.807) is 0 Å². The van der Waals surface area contributed by atoms with Gasteiger partial charge >= 0.3 is 0 Å². The average molecular weight is 288 g/mol. The Morgan fingerprint density at radius 3 is 2.37 bits per heavy atom.